The molecule has 21 heavy (non-hydrogen) atoms. The molecule has 1 aliphatic heterocycles. The Bertz CT molecular complexity index is 602. The van der Waals surface area contributed by atoms with Gasteiger partial charge in [0, 0.05) is 19.6 Å². The highest BCUT2D eigenvalue weighted by molar-refractivity contribution is 5.36. The van der Waals surface area contributed by atoms with Gasteiger partial charge in [0.1, 0.15) is 5.82 Å². The van der Waals surface area contributed by atoms with Crippen LogP contribution in [0.2, 0.25) is 0 Å². The smallest absolute Gasteiger partial charge is 0.126 e. The van der Waals surface area contributed by atoms with Gasteiger partial charge in [-0.25, -0.2) is 9.07 Å². The Morgan fingerprint density at radius 3 is 3.05 bits per heavy atom. The molecule has 112 valence electrons. The molecule has 0 atom stereocenters. The molecule has 6 heteroatoms. The molecule has 1 saturated heterocycles. The van der Waals surface area contributed by atoms with E-state index in [-0.39, 0.29) is 5.82 Å². The Morgan fingerprint density at radius 2 is 2.19 bits per heavy atom. The van der Waals surface area contributed by atoms with Crippen LogP contribution >= 0.6 is 0 Å². The fourth-order valence-corrected chi connectivity index (χ4v) is 2.63. The van der Waals surface area contributed by atoms with E-state index in [2.05, 4.69) is 20.5 Å². The first-order valence-electron chi connectivity index (χ1n) is 7.33. The Kier molecular flexibility index (Phi) is 4.26. The lowest BCUT2D eigenvalue weighted by atomic mass is 10.2. The molecule has 1 aromatic carbocycles. The van der Waals surface area contributed by atoms with Crippen LogP contribution in [-0.2, 0) is 6.54 Å². The summed E-state index contributed by atoms with van der Waals surface area (Å²) in [5.74, 6) is -0.195. The first-order chi connectivity index (χ1) is 10.2. The van der Waals surface area contributed by atoms with Crippen LogP contribution in [0.3, 0.4) is 0 Å². The monoisotopic (exact) mass is 289 g/mol. The van der Waals surface area contributed by atoms with Crippen LogP contribution < -0.4 is 5.32 Å². The van der Waals surface area contributed by atoms with E-state index in [1.807, 2.05) is 0 Å². The molecule has 0 bridgehead atoms. The third kappa shape index (κ3) is 3.28. The Morgan fingerprint density at radius 1 is 1.29 bits per heavy atom. The van der Waals surface area contributed by atoms with Gasteiger partial charge in [-0.15, -0.1) is 5.10 Å². The highest BCUT2D eigenvalue weighted by atomic mass is 19.1. The Labute approximate surface area is 123 Å². The topological polar surface area (TPSA) is 46.0 Å². The largest absolute Gasteiger partial charge is 0.315 e. The van der Waals surface area contributed by atoms with Gasteiger partial charge in [0.15, 0.2) is 0 Å². The van der Waals surface area contributed by atoms with Crippen molar-refractivity contribution < 1.29 is 4.39 Å². The zero-order valence-corrected chi connectivity index (χ0v) is 12.2. The van der Waals surface area contributed by atoms with Crippen LogP contribution in [0.15, 0.2) is 24.4 Å². The van der Waals surface area contributed by atoms with E-state index in [9.17, 15) is 4.39 Å². The van der Waals surface area contributed by atoms with Crippen molar-refractivity contribution in [1.82, 2.24) is 25.2 Å². The second-order valence-corrected chi connectivity index (χ2v) is 5.45. The van der Waals surface area contributed by atoms with Crippen LogP contribution in [-0.4, -0.2) is 46.1 Å². The lowest BCUT2D eigenvalue weighted by molar-refractivity contribution is 0.278. The van der Waals surface area contributed by atoms with Crippen LogP contribution in [0, 0.1) is 12.7 Å². The molecule has 0 saturated carbocycles. The normalized spacial score (nSPS) is 16.9. The molecule has 0 aliphatic carbocycles. The first kappa shape index (κ1) is 14.2. The highest BCUT2D eigenvalue weighted by Gasteiger charge is 2.14. The second kappa shape index (κ2) is 6.32. The third-order valence-electron chi connectivity index (χ3n) is 3.82. The maximum absolute atomic E-state index is 13.4. The lowest BCUT2D eigenvalue weighted by Crippen LogP contribution is -2.28. The average molecular weight is 289 g/mol. The SMILES string of the molecule is Cc1cc(-n2nncc2CN2CCCNCC2)ccc1F. The van der Waals surface area contributed by atoms with Gasteiger partial charge >= 0.3 is 0 Å². The number of nitrogens with one attached hydrogen (secondary N) is 1. The molecule has 0 spiro atoms. The molecule has 0 unspecified atom stereocenters. The van der Waals surface area contributed by atoms with Gasteiger partial charge in [0.25, 0.3) is 0 Å². The molecule has 1 fully saturated rings. The number of benzene rings is 1. The van der Waals surface area contributed by atoms with Gasteiger partial charge < -0.3 is 5.32 Å². The predicted octanol–water partition coefficient (Wildman–Crippen LogP) is 1.51. The maximum atomic E-state index is 13.4. The first-order valence-corrected chi connectivity index (χ1v) is 7.33. The van der Waals surface area contributed by atoms with Gasteiger partial charge in [-0.2, -0.15) is 0 Å². The van der Waals surface area contributed by atoms with Crippen LogP contribution in [0.25, 0.3) is 5.69 Å². The molecule has 2 heterocycles. The predicted molar refractivity (Wildman–Crippen MR) is 78.8 cm³/mol. The Hall–Kier alpha value is -1.79. The molecule has 1 aliphatic rings. The summed E-state index contributed by atoms with van der Waals surface area (Å²) in [6.07, 6.45) is 2.94. The molecular weight excluding hydrogens is 269 g/mol. The van der Waals surface area contributed by atoms with Gasteiger partial charge in [-0.3, -0.25) is 4.90 Å². The van der Waals surface area contributed by atoms with Crippen molar-refractivity contribution in [3.05, 3.63) is 41.5 Å². The summed E-state index contributed by atoms with van der Waals surface area (Å²) in [4.78, 5) is 2.39. The number of aromatic nitrogens is 3. The van der Waals surface area contributed by atoms with Crippen molar-refractivity contribution in [3.8, 4) is 5.69 Å². The zero-order chi connectivity index (χ0) is 14.7. The number of hydrogen-bond acceptors (Lipinski definition) is 4. The molecule has 1 aromatic heterocycles. The summed E-state index contributed by atoms with van der Waals surface area (Å²) >= 11 is 0. The van der Waals surface area contributed by atoms with E-state index in [4.69, 9.17) is 0 Å². The molecule has 2 aromatic rings. The molecular formula is C15H20FN5. The van der Waals surface area contributed by atoms with E-state index in [0.717, 1.165) is 50.5 Å². The number of aryl methyl sites for hydroxylation is 1. The van der Waals surface area contributed by atoms with Crippen molar-refractivity contribution in [2.45, 2.75) is 19.9 Å². The summed E-state index contributed by atoms with van der Waals surface area (Å²) in [5.41, 5.74) is 2.50. The van der Waals surface area contributed by atoms with Crippen molar-refractivity contribution in [3.63, 3.8) is 0 Å². The fourth-order valence-electron chi connectivity index (χ4n) is 2.63. The fraction of sp³-hybridized carbons (Fsp3) is 0.467. The molecule has 1 N–H and O–H groups in total. The summed E-state index contributed by atoms with van der Waals surface area (Å²) in [7, 11) is 0. The van der Waals surface area contributed by atoms with E-state index in [1.54, 1.807) is 29.9 Å². The van der Waals surface area contributed by atoms with Gasteiger partial charge in [0.05, 0.1) is 17.6 Å². The van der Waals surface area contributed by atoms with Crippen molar-refractivity contribution in [1.29, 1.82) is 0 Å². The van der Waals surface area contributed by atoms with Crippen molar-refractivity contribution >= 4 is 0 Å². The van der Waals surface area contributed by atoms with Crippen LogP contribution in [0.4, 0.5) is 4.39 Å². The van der Waals surface area contributed by atoms with Crippen molar-refractivity contribution in [2.24, 2.45) is 0 Å². The average Bonchev–Trinajstić information content (AvgIpc) is 2.77. The summed E-state index contributed by atoms with van der Waals surface area (Å²) in [6, 6.07) is 5.02. The maximum Gasteiger partial charge on any atom is 0.126 e. The standard InChI is InChI=1S/C15H20FN5/c1-12-9-13(3-4-15(12)16)21-14(10-18-19-21)11-20-7-2-5-17-6-8-20/h3-4,9-10,17H,2,5-8,11H2,1H3. The molecule has 0 amide bonds. The summed E-state index contributed by atoms with van der Waals surface area (Å²) < 4.78 is 15.2. The molecule has 0 radical (unpaired) electrons. The zero-order valence-electron chi connectivity index (χ0n) is 12.2. The second-order valence-electron chi connectivity index (χ2n) is 5.45. The van der Waals surface area contributed by atoms with Crippen LogP contribution in [0.1, 0.15) is 17.7 Å². The third-order valence-corrected chi connectivity index (χ3v) is 3.82. The van der Waals surface area contributed by atoms with E-state index in [0.29, 0.717) is 5.56 Å². The number of rotatable bonds is 3. The quantitative estimate of drug-likeness (QED) is 0.930. The Balaban J connectivity index is 1.81. The molecule has 5 nitrogen and oxygen atoms in total. The number of nitrogens with zero attached hydrogens (tertiary/aromatic N) is 4. The van der Waals surface area contributed by atoms with Gasteiger partial charge in [-0.1, -0.05) is 5.21 Å². The minimum Gasteiger partial charge on any atom is -0.315 e. The highest BCUT2D eigenvalue weighted by Crippen LogP contribution is 2.15. The van der Waals surface area contributed by atoms with Crippen LogP contribution in [0.5, 0.6) is 0 Å². The minimum atomic E-state index is -0.195. The van der Waals surface area contributed by atoms with E-state index >= 15 is 0 Å². The van der Waals surface area contributed by atoms with E-state index in [1.165, 1.54) is 6.07 Å². The summed E-state index contributed by atoms with van der Waals surface area (Å²) in [6.45, 7) is 6.75. The summed E-state index contributed by atoms with van der Waals surface area (Å²) in [5, 5.41) is 11.6. The molecule has 3 rings (SSSR count). The van der Waals surface area contributed by atoms with Gasteiger partial charge in [-0.05, 0) is 50.2 Å². The van der Waals surface area contributed by atoms with E-state index < -0.39 is 0 Å². The van der Waals surface area contributed by atoms with Gasteiger partial charge in [0.2, 0.25) is 0 Å². The van der Waals surface area contributed by atoms with Crippen molar-refractivity contribution in [2.75, 3.05) is 26.2 Å². The number of halogens is 1. The minimum absolute atomic E-state index is 0.195. The number of hydrogen-bond donors (Lipinski definition) is 1. The lowest BCUT2D eigenvalue weighted by Gasteiger charge is -2.19.